The van der Waals surface area contributed by atoms with Crippen LogP contribution in [0, 0.1) is 5.92 Å². The van der Waals surface area contributed by atoms with Gasteiger partial charge in [0.25, 0.3) is 0 Å². The maximum atomic E-state index is 15.8. The molecule has 1 aliphatic heterocycles. The number of Topliss-reactive ketones (excluding diaryl/α,β-unsaturated/α-hetero) is 1. The predicted octanol–water partition coefficient (Wildman–Crippen LogP) is 4.84. The standard InChI is InChI=1S/C25H30FNO3/c1-3-30-23-14-21-20(13-22(23)29-2)16-25(26,24(21)28)15-18-9-11-27(12-10-18)17-19-7-5-4-6-8-19/h4-8,13-14,18H,3,9-12,15-17H2,1-2H3. The Morgan fingerprint density at radius 3 is 2.53 bits per heavy atom. The van der Waals surface area contributed by atoms with Crippen LogP contribution in [0.25, 0.3) is 0 Å². The van der Waals surface area contributed by atoms with Crippen molar-refractivity contribution in [3.63, 3.8) is 0 Å². The van der Waals surface area contributed by atoms with E-state index in [0.717, 1.165) is 38.0 Å². The van der Waals surface area contributed by atoms with E-state index >= 15 is 4.39 Å². The van der Waals surface area contributed by atoms with E-state index in [1.165, 1.54) is 5.56 Å². The van der Waals surface area contributed by atoms with Crippen LogP contribution < -0.4 is 9.47 Å². The van der Waals surface area contributed by atoms with E-state index in [1.54, 1.807) is 19.2 Å². The van der Waals surface area contributed by atoms with Gasteiger partial charge in [-0.1, -0.05) is 30.3 Å². The van der Waals surface area contributed by atoms with E-state index in [0.29, 0.717) is 30.1 Å². The van der Waals surface area contributed by atoms with Crippen LogP contribution in [0.15, 0.2) is 42.5 Å². The highest BCUT2D eigenvalue weighted by Crippen LogP contribution is 2.43. The zero-order valence-corrected chi connectivity index (χ0v) is 17.8. The van der Waals surface area contributed by atoms with Crippen molar-refractivity contribution < 1.29 is 18.7 Å². The summed E-state index contributed by atoms with van der Waals surface area (Å²) >= 11 is 0. The third kappa shape index (κ3) is 4.22. The van der Waals surface area contributed by atoms with Crippen LogP contribution in [0.4, 0.5) is 4.39 Å². The second-order valence-corrected chi connectivity index (χ2v) is 8.47. The molecular weight excluding hydrogens is 381 g/mol. The Balaban J connectivity index is 1.39. The minimum absolute atomic E-state index is 0.133. The number of methoxy groups -OCH3 is 1. The molecule has 2 aromatic rings. The normalized spacial score (nSPS) is 22.2. The third-order valence-electron chi connectivity index (χ3n) is 6.38. The number of ketones is 1. The lowest BCUT2D eigenvalue weighted by Crippen LogP contribution is -2.38. The molecule has 0 radical (unpaired) electrons. The fourth-order valence-corrected chi connectivity index (χ4v) is 4.82. The highest BCUT2D eigenvalue weighted by Gasteiger charge is 2.48. The van der Waals surface area contributed by atoms with Gasteiger partial charge in [-0.2, -0.15) is 0 Å². The number of rotatable bonds is 7. The van der Waals surface area contributed by atoms with Crippen LogP contribution in [-0.4, -0.2) is 43.2 Å². The number of alkyl halides is 1. The van der Waals surface area contributed by atoms with Gasteiger partial charge in [0.1, 0.15) is 0 Å². The van der Waals surface area contributed by atoms with Gasteiger partial charge in [-0.05, 0) is 68.5 Å². The lowest BCUT2D eigenvalue weighted by molar-refractivity contribution is 0.0587. The first-order chi connectivity index (χ1) is 14.5. The van der Waals surface area contributed by atoms with E-state index in [-0.39, 0.29) is 12.3 Å². The van der Waals surface area contributed by atoms with Gasteiger partial charge in [0.05, 0.1) is 13.7 Å². The van der Waals surface area contributed by atoms with Crippen molar-refractivity contribution in [3.05, 3.63) is 59.2 Å². The van der Waals surface area contributed by atoms with Gasteiger partial charge in [-0.3, -0.25) is 9.69 Å². The minimum atomic E-state index is -1.82. The Morgan fingerprint density at radius 1 is 1.13 bits per heavy atom. The van der Waals surface area contributed by atoms with E-state index in [4.69, 9.17) is 9.47 Å². The number of piperidine rings is 1. The number of likely N-dealkylation sites (tertiary alicyclic amines) is 1. The molecular formula is C25H30FNO3. The Labute approximate surface area is 178 Å². The first-order valence-corrected chi connectivity index (χ1v) is 10.9. The molecule has 0 spiro atoms. The average molecular weight is 412 g/mol. The van der Waals surface area contributed by atoms with Crippen molar-refractivity contribution in [2.45, 2.75) is 44.8 Å². The molecule has 30 heavy (non-hydrogen) atoms. The lowest BCUT2D eigenvalue weighted by atomic mass is 9.83. The topological polar surface area (TPSA) is 38.8 Å². The summed E-state index contributed by atoms with van der Waals surface area (Å²) in [5.74, 6) is 0.897. The molecule has 2 aliphatic rings. The molecule has 0 amide bonds. The Morgan fingerprint density at radius 2 is 1.87 bits per heavy atom. The van der Waals surface area contributed by atoms with Crippen LogP contribution in [-0.2, 0) is 13.0 Å². The average Bonchev–Trinajstić information content (AvgIpc) is 2.99. The van der Waals surface area contributed by atoms with Crippen molar-refractivity contribution in [1.29, 1.82) is 0 Å². The fraction of sp³-hybridized carbons (Fsp3) is 0.480. The van der Waals surface area contributed by atoms with Crippen LogP contribution in [0.3, 0.4) is 0 Å². The smallest absolute Gasteiger partial charge is 0.200 e. The molecule has 0 bridgehead atoms. The lowest BCUT2D eigenvalue weighted by Gasteiger charge is -2.34. The van der Waals surface area contributed by atoms with Crippen LogP contribution in [0.2, 0.25) is 0 Å². The van der Waals surface area contributed by atoms with Gasteiger partial charge in [0, 0.05) is 18.5 Å². The number of halogens is 1. The highest BCUT2D eigenvalue weighted by atomic mass is 19.1. The zero-order valence-electron chi connectivity index (χ0n) is 17.8. The molecule has 4 nitrogen and oxygen atoms in total. The van der Waals surface area contributed by atoms with Crippen molar-refractivity contribution in [3.8, 4) is 11.5 Å². The number of fused-ring (bicyclic) bond motifs is 1. The van der Waals surface area contributed by atoms with E-state index in [9.17, 15) is 4.79 Å². The molecule has 4 rings (SSSR count). The predicted molar refractivity (Wildman–Crippen MR) is 115 cm³/mol. The maximum Gasteiger partial charge on any atom is 0.200 e. The summed E-state index contributed by atoms with van der Waals surface area (Å²) in [5.41, 5.74) is 0.663. The van der Waals surface area contributed by atoms with Crippen molar-refractivity contribution in [2.75, 3.05) is 26.8 Å². The summed E-state index contributed by atoms with van der Waals surface area (Å²) in [5, 5.41) is 0. The SMILES string of the molecule is CCOc1cc2c(cc1OC)CC(F)(CC1CCN(Cc3ccccc3)CC1)C2=O. The van der Waals surface area contributed by atoms with Crippen LogP contribution in [0.1, 0.15) is 47.7 Å². The first-order valence-electron chi connectivity index (χ1n) is 10.9. The molecule has 1 unspecified atom stereocenters. The Hall–Kier alpha value is -2.40. The number of hydrogen-bond donors (Lipinski definition) is 0. The summed E-state index contributed by atoms with van der Waals surface area (Å²) in [4.78, 5) is 15.4. The number of hydrogen-bond acceptors (Lipinski definition) is 4. The number of ether oxygens (including phenoxy) is 2. The first kappa shape index (κ1) is 20.9. The van der Waals surface area contributed by atoms with E-state index < -0.39 is 11.5 Å². The molecule has 5 heteroatoms. The third-order valence-corrected chi connectivity index (χ3v) is 6.38. The zero-order chi connectivity index (χ0) is 21.1. The number of carbonyl (C=O) groups excluding carboxylic acids is 1. The highest BCUT2D eigenvalue weighted by molar-refractivity contribution is 6.07. The van der Waals surface area contributed by atoms with Gasteiger partial charge < -0.3 is 9.47 Å². The second-order valence-electron chi connectivity index (χ2n) is 8.47. The largest absolute Gasteiger partial charge is 0.493 e. The Bertz CT molecular complexity index is 893. The summed E-state index contributed by atoms with van der Waals surface area (Å²) in [6.07, 6.45) is 2.28. The van der Waals surface area contributed by atoms with E-state index in [1.807, 2.05) is 13.0 Å². The molecule has 0 aromatic heterocycles. The molecule has 1 atom stereocenters. The summed E-state index contributed by atoms with van der Waals surface area (Å²) < 4.78 is 26.8. The van der Waals surface area contributed by atoms with Gasteiger partial charge in [-0.15, -0.1) is 0 Å². The Kier molecular flexibility index (Phi) is 6.09. The van der Waals surface area contributed by atoms with Crippen molar-refractivity contribution in [1.82, 2.24) is 4.90 Å². The summed E-state index contributed by atoms with van der Waals surface area (Å²) in [6.45, 7) is 5.15. The second kappa shape index (κ2) is 8.76. The molecule has 0 N–H and O–H groups in total. The quantitative estimate of drug-likeness (QED) is 0.653. The molecule has 1 aliphatic carbocycles. The number of benzene rings is 2. The molecule has 1 saturated heterocycles. The number of nitrogens with zero attached hydrogens (tertiary/aromatic N) is 1. The summed E-state index contributed by atoms with van der Waals surface area (Å²) in [6, 6.07) is 13.9. The van der Waals surface area contributed by atoms with Crippen molar-refractivity contribution >= 4 is 5.78 Å². The molecule has 160 valence electrons. The molecule has 0 saturated carbocycles. The fourth-order valence-electron chi connectivity index (χ4n) is 4.82. The molecule has 2 aromatic carbocycles. The van der Waals surface area contributed by atoms with E-state index in [2.05, 4.69) is 29.2 Å². The van der Waals surface area contributed by atoms with Gasteiger partial charge in [0.15, 0.2) is 17.2 Å². The van der Waals surface area contributed by atoms with Crippen molar-refractivity contribution in [2.24, 2.45) is 5.92 Å². The van der Waals surface area contributed by atoms with Crippen LogP contribution in [0.5, 0.6) is 11.5 Å². The molecule has 1 heterocycles. The van der Waals surface area contributed by atoms with Crippen LogP contribution >= 0.6 is 0 Å². The van der Waals surface area contributed by atoms with Gasteiger partial charge >= 0.3 is 0 Å². The number of carbonyl (C=O) groups is 1. The van der Waals surface area contributed by atoms with Gasteiger partial charge in [0.2, 0.25) is 5.78 Å². The monoisotopic (exact) mass is 411 g/mol. The minimum Gasteiger partial charge on any atom is -0.493 e. The summed E-state index contributed by atoms with van der Waals surface area (Å²) in [7, 11) is 1.56. The maximum absolute atomic E-state index is 15.8. The molecule has 1 fully saturated rings. The van der Waals surface area contributed by atoms with Gasteiger partial charge in [-0.25, -0.2) is 4.39 Å².